The molecule has 1 N–H and O–H groups in total. The number of benzene rings is 2. The Hall–Kier alpha value is -3.88. The van der Waals surface area contributed by atoms with Crippen LogP contribution >= 0.6 is 0 Å². The molecule has 2 aromatic rings. The van der Waals surface area contributed by atoms with Crippen LogP contribution in [0.2, 0.25) is 0 Å². The number of methoxy groups -OCH3 is 2. The first-order chi connectivity index (χ1) is 14.3. The Morgan fingerprint density at radius 2 is 1.47 bits per heavy atom. The highest BCUT2D eigenvalue weighted by atomic mass is 16.6. The molecule has 0 aliphatic heterocycles. The molecule has 9 nitrogen and oxygen atoms in total. The van der Waals surface area contributed by atoms with E-state index in [1.165, 1.54) is 39.3 Å². The van der Waals surface area contributed by atoms with Gasteiger partial charge in [0.25, 0.3) is 5.91 Å². The molecule has 1 atom stereocenters. The van der Waals surface area contributed by atoms with E-state index >= 15 is 0 Å². The van der Waals surface area contributed by atoms with Crippen LogP contribution in [0.25, 0.3) is 0 Å². The fourth-order valence-corrected chi connectivity index (χ4v) is 2.37. The van der Waals surface area contributed by atoms with Crippen LogP contribution in [0.3, 0.4) is 0 Å². The SMILES string of the molecule is COC(=O)c1cc(NC(=O)COC(=O)[C@H](C)Oc2ccccc2)cc(C(=O)OC)c1. The van der Waals surface area contributed by atoms with Crippen molar-refractivity contribution in [1.82, 2.24) is 0 Å². The number of amides is 1. The first-order valence-electron chi connectivity index (χ1n) is 8.84. The minimum atomic E-state index is -0.922. The molecule has 0 spiro atoms. The first-order valence-corrected chi connectivity index (χ1v) is 8.84. The van der Waals surface area contributed by atoms with E-state index in [2.05, 4.69) is 14.8 Å². The number of hydrogen-bond donors (Lipinski definition) is 1. The van der Waals surface area contributed by atoms with Crippen molar-refractivity contribution in [1.29, 1.82) is 0 Å². The van der Waals surface area contributed by atoms with Crippen LogP contribution in [0.15, 0.2) is 48.5 Å². The molecule has 0 aliphatic carbocycles. The van der Waals surface area contributed by atoms with E-state index < -0.39 is 36.5 Å². The number of carbonyl (C=O) groups excluding carboxylic acids is 4. The van der Waals surface area contributed by atoms with Crippen molar-refractivity contribution in [3.8, 4) is 5.75 Å². The van der Waals surface area contributed by atoms with Crippen molar-refractivity contribution in [2.24, 2.45) is 0 Å². The predicted molar refractivity (Wildman–Crippen MR) is 105 cm³/mol. The number of anilines is 1. The van der Waals surface area contributed by atoms with Gasteiger partial charge in [-0.15, -0.1) is 0 Å². The minimum Gasteiger partial charge on any atom is -0.479 e. The van der Waals surface area contributed by atoms with Crippen molar-refractivity contribution in [2.75, 3.05) is 26.1 Å². The summed E-state index contributed by atoms with van der Waals surface area (Å²) in [6, 6.07) is 12.6. The standard InChI is InChI=1S/C21H21NO8/c1-13(30-17-7-5-4-6-8-17)19(24)29-12-18(23)22-16-10-14(20(25)27-2)9-15(11-16)21(26)28-3/h4-11,13H,12H2,1-3H3,(H,22,23)/t13-/m0/s1. The molecule has 0 heterocycles. The van der Waals surface area contributed by atoms with Gasteiger partial charge in [0.2, 0.25) is 0 Å². The Morgan fingerprint density at radius 1 is 0.900 bits per heavy atom. The summed E-state index contributed by atoms with van der Waals surface area (Å²) in [7, 11) is 2.37. The van der Waals surface area contributed by atoms with Gasteiger partial charge in [-0.3, -0.25) is 4.79 Å². The summed E-state index contributed by atoms with van der Waals surface area (Å²) in [5.41, 5.74) is 0.211. The van der Waals surface area contributed by atoms with Gasteiger partial charge in [-0.2, -0.15) is 0 Å². The van der Waals surface area contributed by atoms with Crippen molar-refractivity contribution in [2.45, 2.75) is 13.0 Å². The molecule has 0 radical (unpaired) electrons. The van der Waals surface area contributed by atoms with Gasteiger partial charge < -0.3 is 24.3 Å². The highest BCUT2D eigenvalue weighted by Gasteiger charge is 2.19. The Kier molecular flexibility index (Phi) is 7.92. The van der Waals surface area contributed by atoms with E-state index in [1.807, 2.05) is 0 Å². The molecule has 9 heteroatoms. The summed E-state index contributed by atoms with van der Waals surface area (Å²) in [5.74, 6) is -2.31. The van der Waals surface area contributed by atoms with Crippen LogP contribution in [0.4, 0.5) is 5.69 Å². The highest BCUT2D eigenvalue weighted by molar-refractivity contribution is 6.00. The van der Waals surface area contributed by atoms with Crippen LogP contribution < -0.4 is 10.1 Å². The number of rotatable bonds is 8. The molecule has 0 fully saturated rings. The minimum absolute atomic E-state index is 0.0394. The van der Waals surface area contributed by atoms with Crippen molar-refractivity contribution in [3.63, 3.8) is 0 Å². The van der Waals surface area contributed by atoms with Gasteiger partial charge in [0.05, 0.1) is 25.3 Å². The third kappa shape index (κ3) is 6.33. The summed E-state index contributed by atoms with van der Waals surface area (Å²) in [6.45, 7) is 0.910. The normalized spacial score (nSPS) is 11.0. The largest absolute Gasteiger partial charge is 0.479 e. The molecule has 0 unspecified atom stereocenters. The summed E-state index contributed by atoms with van der Waals surface area (Å²) in [4.78, 5) is 47.7. The van der Waals surface area contributed by atoms with E-state index in [-0.39, 0.29) is 16.8 Å². The molecule has 30 heavy (non-hydrogen) atoms. The molecule has 2 aromatic carbocycles. The lowest BCUT2D eigenvalue weighted by Gasteiger charge is -2.14. The summed E-state index contributed by atoms with van der Waals surface area (Å²) in [6.07, 6.45) is -0.922. The lowest BCUT2D eigenvalue weighted by Crippen LogP contribution is -2.29. The van der Waals surface area contributed by atoms with Crippen LogP contribution in [-0.2, 0) is 23.8 Å². The second-order valence-electron chi connectivity index (χ2n) is 6.01. The number of ether oxygens (including phenoxy) is 4. The van der Waals surface area contributed by atoms with Crippen molar-refractivity contribution in [3.05, 3.63) is 59.7 Å². The molecule has 0 saturated carbocycles. The number of esters is 3. The quantitative estimate of drug-likeness (QED) is 0.515. The molecule has 2 rings (SSSR count). The Labute approximate surface area is 172 Å². The molecular weight excluding hydrogens is 394 g/mol. The van der Waals surface area contributed by atoms with Gasteiger partial charge in [0.15, 0.2) is 12.7 Å². The van der Waals surface area contributed by atoms with E-state index in [4.69, 9.17) is 9.47 Å². The molecule has 0 aliphatic rings. The zero-order valence-corrected chi connectivity index (χ0v) is 16.7. The smallest absolute Gasteiger partial charge is 0.347 e. The fourth-order valence-electron chi connectivity index (χ4n) is 2.37. The van der Waals surface area contributed by atoms with Crippen molar-refractivity contribution >= 4 is 29.5 Å². The number of carbonyl (C=O) groups is 4. The van der Waals surface area contributed by atoms with E-state index in [1.54, 1.807) is 30.3 Å². The van der Waals surface area contributed by atoms with Crippen molar-refractivity contribution < 1.29 is 38.1 Å². The van der Waals surface area contributed by atoms with Gasteiger partial charge in [0, 0.05) is 5.69 Å². The summed E-state index contributed by atoms with van der Waals surface area (Å²) in [5, 5.41) is 2.45. The Balaban J connectivity index is 1.98. The van der Waals surface area contributed by atoms with Gasteiger partial charge in [-0.05, 0) is 37.3 Å². The fraction of sp³-hybridized carbons (Fsp3) is 0.238. The third-order valence-corrected chi connectivity index (χ3v) is 3.79. The Morgan fingerprint density at radius 3 is 2.00 bits per heavy atom. The van der Waals surface area contributed by atoms with Crippen LogP contribution in [0.5, 0.6) is 5.75 Å². The predicted octanol–water partition coefficient (Wildman–Crippen LogP) is 2.21. The third-order valence-electron chi connectivity index (χ3n) is 3.79. The molecule has 0 saturated heterocycles. The van der Waals surface area contributed by atoms with Crippen LogP contribution in [0, 0.1) is 0 Å². The monoisotopic (exact) mass is 415 g/mol. The number of nitrogens with one attached hydrogen (secondary N) is 1. The zero-order chi connectivity index (χ0) is 22.1. The second kappa shape index (κ2) is 10.6. The second-order valence-corrected chi connectivity index (χ2v) is 6.01. The van der Waals surface area contributed by atoms with Crippen LogP contribution in [0.1, 0.15) is 27.6 Å². The Bertz CT molecular complexity index is 892. The van der Waals surface area contributed by atoms with E-state index in [0.29, 0.717) is 5.75 Å². The molecule has 158 valence electrons. The van der Waals surface area contributed by atoms with Gasteiger partial charge in [0.1, 0.15) is 5.75 Å². The molecule has 0 bridgehead atoms. The van der Waals surface area contributed by atoms with Gasteiger partial charge in [-0.1, -0.05) is 18.2 Å². The van der Waals surface area contributed by atoms with E-state index in [0.717, 1.165) is 0 Å². The van der Waals surface area contributed by atoms with Crippen LogP contribution in [-0.4, -0.2) is 50.7 Å². The maximum absolute atomic E-state index is 12.1. The first kappa shape index (κ1) is 22.4. The number of hydrogen-bond acceptors (Lipinski definition) is 8. The van der Waals surface area contributed by atoms with E-state index in [9.17, 15) is 19.2 Å². The average molecular weight is 415 g/mol. The summed E-state index contributed by atoms with van der Waals surface area (Å²) >= 11 is 0. The zero-order valence-electron chi connectivity index (χ0n) is 16.7. The van der Waals surface area contributed by atoms with Gasteiger partial charge >= 0.3 is 17.9 Å². The lowest BCUT2D eigenvalue weighted by molar-refractivity contribution is -0.153. The molecular formula is C21H21NO8. The maximum atomic E-state index is 12.1. The average Bonchev–Trinajstić information content (AvgIpc) is 2.76. The molecule has 1 amide bonds. The lowest BCUT2D eigenvalue weighted by atomic mass is 10.1. The topological polar surface area (TPSA) is 117 Å². The molecule has 0 aromatic heterocycles. The van der Waals surface area contributed by atoms with Gasteiger partial charge in [-0.25, -0.2) is 14.4 Å². The highest BCUT2D eigenvalue weighted by Crippen LogP contribution is 2.17. The summed E-state index contributed by atoms with van der Waals surface area (Å²) < 4.78 is 19.6. The number of para-hydroxylation sites is 1. The maximum Gasteiger partial charge on any atom is 0.347 e.